The van der Waals surface area contributed by atoms with Gasteiger partial charge in [-0.1, -0.05) is 39.0 Å². The molecule has 2 aromatic heterocycles. The van der Waals surface area contributed by atoms with Crippen LogP contribution in [0.4, 0.5) is 9.39 Å². The van der Waals surface area contributed by atoms with Crippen LogP contribution in [0.3, 0.4) is 0 Å². The fourth-order valence-corrected chi connectivity index (χ4v) is 6.70. The fraction of sp³-hybridized carbons (Fsp3) is 0.312. The predicted molar refractivity (Wildman–Crippen MR) is 161 cm³/mol. The molecule has 0 saturated heterocycles. The molecule has 0 aliphatic heterocycles. The number of nitrogens with zero attached hydrogens (tertiary/aromatic N) is 1. The molecule has 2 heterocycles. The van der Waals surface area contributed by atoms with Crippen molar-refractivity contribution >= 4 is 44.4 Å². The first-order chi connectivity index (χ1) is 19.2. The number of hydrogen-bond donors (Lipinski definition) is 1. The zero-order valence-corrected chi connectivity index (χ0v) is 25.2. The maximum absolute atomic E-state index is 14.0. The molecular formula is C32H32BrFN2O3S. The standard InChI is InChI=1S/C32H32BrFN2O3S/c1-32(2,3)22-11-12-24-28(16-22)40-31(29(24)30(37)35-18-23-8-6-14-38-23)36-17-20-10-13-27(25(33)15-20)39-19-21-7-4-5-9-26(21)34/h4-10,13-15,17,22H,11-12,16,18-19H2,1-3H3,(H,35,37)/t22-/m1/s1. The van der Waals surface area contributed by atoms with E-state index in [1.165, 1.54) is 10.9 Å². The highest BCUT2D eigenvalue weighted by atomic mass is 79.9. The van der Waals surface area contributed by atoms with Crippen molar-refractivity contribution in [1.29, 1.82) is 0 Å². The van der Waals surface area contributed by atoms with E-state index in [2.05, 4.69) is 42.0 Å². The third kappa shape index (κ3) is 6.56. The van der Waals surface area contributed by atoms with E-state index in [-0.39, 0.29) is 23.7 Å². The monoisotopic (exact) mass is 622 g/mol. The van der Waals surface area contributed by atoms with Gasteiger partial charge in [-0.25, -0.2) is 9.38 Å². The van der Waals surface area contributed by atoms with Gasteiger partial charge in [0.05, 0.1) is 22.8 Å². The van der Waals surface area contributed by atoms with Crippen LogP contribution in [0.5, 0.6) is 5.75 Å². The van der Waals surface area contributed by atoms with Crippen LogP contribution >= 0.6 is 27.3 Å². The van der Waals surface area contributed by atoms with E-state index >= 15 is 0 Å². The minimum absolute atomic E-state index is 0.130. The van der Waals surface area contributed by atoms with E-state index in [9.17, 15) is 9.18 Å². The summed E-state index contributed by atoms with van der Waals surface area (Å²) in [5.74, 6) is 1.45. The minimum Gasteiger partial charge on any atom is -0.488 e. The maximum Gasteiger partial charge on any atom is 0.255 e. The molecule has 1 aliphatic rings. The number of rotatable bonds is 8. The highest BCUT2D eigenvalue weighted by Gasteiger charge is 2.33. The molecule has 40 heavy (non-hydrogen) atoms. The highest BCUT2D eigenvalue weighted by Crippen LogP contribution is 2.45. The second-order valence-corrected chi connectivity index (χ2v) is 13.0. The van der Waals surface area contributed by atoms with Gasteiger partial charge in [-0.3, -0.25) is 4.79 Å². The molecule has 0 spiro atoms. The van der Waals surface area contributed by atoms with Crippen molar-refractivity contribution in [1.82, 2.24) is 5.32 Å². The van der Waals surface area contributed by atoms with Crippen molar-refractivity contribution in [2.75, 3.05) is 0 Å². The highest BCUT2D eigenvalue weighted by molar-refractivity contribution is 9.10. The Balaban J connectivity index is 1.37. The second kappa shape index (κ2) is 12.1. The van der Waals surface area contributed by atoms with Crippen LogP contribution < -0.4 is 10.1 Å². The van der Waals surface area contributed by atoms with Gasteiger partial charge < -0.3 is 14.5 Å². The second-order valence-electron chi connectivity index (χ2n) is 11.1. The Hall–Kier alpha value is -3.23. The zero-order valence-electron chi connectivity index (χ0n) is 22.8. The van der Waals surface area contributed by atoms with E-state index in [0.717, 1.165) is 34.9 Å². The van der Waals surface area contributed by atoms with Gasteiger partial charge in [0, 0.05) is 16.7 Å². The van der Waals surface area contributed by atoms with Crippen molar-refractivity contribution in [3.05, 3.63) is 104 Å². The Morgan fingerprint density at radius 3 is 2.77 bits per heavy atom. The van der Waals surface area contributed by atoms with E-state index in [4.69, 9.17) is 14.1 Å². The van der Waals surface area contributed by atoms with Crippen LogP contribution in [0, 0.1) is 17.2 Å². The number of fused-ring (bicyclic) bond motifs is 1. The SMILES string of the molecule is CC(C)(C)[C@@H]1CCc2c(sc(N=Cc3ccc(OCc4ccccc4F)c(Br)c3)c2C(=O)NCc2ccco2)C1. The summed E-state index contributed by atoms with van der Waals surface area (Å²) >= 11 is 5.18. The van der Waals surface area contributed by atoms with Gasteiger partial charge in [-0.2, -0.15) is 0 Å². The Kier molecular flexibility index (Phi) is 8.57. The van der Waals surface area contributed by atoms with E-state index in [1.54, 1.807) is 42.0 Å². The molecule has 0 saturated carbocycles. The molecule has 1 N–H and O–H groups in total. The third-order valence-electron chi connectivity index (χ3n) is 7.33. The first kappa shape index (κ1) is 28.3. The lowest BCUT2D eigenvalue weighted by Crippen LogP contribution is -2.28. The summed E-state index contributed by atoms with van der Waals surface area (Å²) in [6, 6.07) is 15.9. The van der Waals surface area contributed by atoms with Crippen molar-refractivity contribution in [2.45, 2.75) is 53.2 Å². The molecule has 5 rings (SSSR count). The Morgan fingerprint density at radius 1 is 1.23 bits per heavy atom. The number of furan rings is 1. The molecule has 0 bridgehead atoms. The molecule has 2 aromatic carbocycles. The molecule has 5 nitrogen and oxygen atoms in total. The van der Waals surface area contributed by atoms with E-state index < -0.39 is 0 Å². The predicted octanol–water partition coefficient (Wildman–Crippen LogP) is 8.65. The Bertz CT molecular complexity index is 1520. The fourth-order valence-electron chi connectivity index (χ4n) is 4.92. The molecule has 1 amide bonds. The lowest BCUT2D eigenvalue weighted by Gasteiger charge is -2.33. The summed E-state index contributed by atoms with van der Waals surface area (Å²) < 4.78 is 25.9. The van der Waals surface area contributed by atoms with Gasteiger partial charge in [0.15, 0.2) is 0 Å². The lowest BCUT2D eigenvalue weighted by molar-refractivity contribution is 0.0947. The van der Waals surface area contributed by atoms with Gasteiger partial charge in [0.1, 0.15) is 28.9 Å². The average molecular weight is 624 g/mol. The van der Waals surface area contributed by atoms with Gasteiger partial charge >= 0.3 is 0 Å². The van der Waals surface area contributed by atoms with Crippen molar-refractivity contribution < 1.29 is 18.3 Å². The van der Waals surface area contributed by atoms with Gasteiger partial charge in [-0.15, -0.1) is 11.3 Å². The number of thiophene rings is 1. The molecule has 8 heteroatoms. The summed E-state index contributed by atoms with van der Waals surface area (Å²) in [6.45, 7) is 7.31. The number of aliphatic imine (C=N–C) groups is 1. The molecule has 1 atom stereocenters. The molecule has 4 aromatic rings. The Labute approximate surface area is 246 Å². The summed E-state index contributed by atoms with van der Waals surface area (Å²) in [6.07, 6.45) is 6.25. The molecule has 0 fully saturated rings. The number of hydrogen-bond acceptors (Lipinski definition) is 5. The molecule has 0 radical (unpaired) electrons. The number of benzene rings is 2. The van der Waals surface area contributed by atoms with Crippen LogP contribution in [-0.4, -0.2) is 12.1 Å². The number of ether oxygens (including phenoxy) is 1. The lowest BCUT2D eigenvalue weighted by atomic mass is 9.72. The smallest absolute Gasteiger partial charge is 0.255 e. The summed E-state index contributed by atoms with van der Waals surface area (Å²) in [7, 11) is 0. The van der Waals surface area contributed by atoms with E-state index in [0.29, 0.717) is 40.1 Å². The van der Waals surface area contributed by atoms with E-state index in [1.807, 2.05) is 30.3 Å². The van der Waals surface area contributed by atoms with Crippen LogP contribution in [0.15, 0.2) is 74.7 Å². The van der Waals surface area contributed by atoms with Gasteiger partial charge in [0.2, 0.25) is 0 Å². The van der Waals surface area contributed by atoms with Crippen LogP contribution in [0.25, 0.3) is 0 Å². The first-order valence-electron chi connectivity index (χ1n) is 13.3. The molecular weight excluding hydrogens is 591 g/mol. The average Bonchev–Trinajstić information content (AvgIpc) is 3.57. The molecule has 1 aliphatic carbocycles. The normalized spacial score (nSPS) is 15.3. The summed E-state index contributed by atoms with van der Waals surface area (Å²) in [5.41, 5.74) is 3.33. The van der Waals surface area contributed by atoms with Crippen LogP contribution in [0.1, 0.15) is 64.9 Å². The number of nitrogens with one attached hydrogen (secondary N) is 1. The third-order valence-corrected chi connectivity index (χ3v) is 9.11. The zero-order chi connectivity index (χ0) is 28.3. The van der Waals surface area contributed by atoms with Gasteiger partial charge in [0.25, 0.3) is 5.91 Å². The van der Waals surface area contributed by atoms with Crippen molar-refractivity contribution in [3.8, 4) is 5.75 Å². The molecule has 208 valence electrons. The van der Waals surface area contributed by atoms with Crippen LogP contribution in [0.2, 0.25) is 0 Å². The van der Waals surface area contributed by atoms with Crippen molar-refractivity contribution in [2.24, 2.45) is 16.3 Å². The summed E-state index contributed by atoms with van der Waals surface area (Å²) in [5, 5.41) is 3.73. The molecule has 0 unspecified atom stereocenters. The summed E-state index contributed by atoms with van der Waals surface area (Å²) in [4.78, 5) is 19.5. The number of carbonyl (C=O) groups excluding carboxylic acids is 1. The quantitative estimate of drug-likeness (QED) is 0.200. The maximum atomic E-state index is 14.0. The first-order valence-corrected chi connectivity index (χ1v) is 14.9. The number of amides is 1. The van der Waals surface area contributed by atoms with Gasteiger partial charge in [-0.05, 0) is 94.1 Å². The topological polar surface area (TPSA) is 63.8 Å². The van der Waals surface area contributed by atoms with Crippen molar-refractivity contribution in [3.63, 3.8) is 0 Å². The largest absolute Gasteiger partial charge is 0.488 e. The Morgan fingerprint density at radius 2 is 2.05 bits per heavy atom. The number of carbonyl (C=O) groups is 1. The van der Waals surface area contributed by atoms with Crippen LogP contribution in [-0.2, 0) is 26.0 Å². The minimum atomic E-state index is -0.293. The number of halogens is 2.